The lowest BCUT2D eigenvalue weighted by Gasteiger charge is -2.08. The second-order valence-electron chi connectivity index (χ2n) is 3.75. The van der Waals surface area contributed by atoms with E-state index in [0.717, 1.165) is 0 Å². The maximum absolute atomic E-state index is 11.3. The zero-order chi connectivity index (χ0) is 13.8. The van der Waals surface area contributed by atoms with Crippen LogP contribution in [0.1, 0.15) is 10.5 Å². The second kappa shape index (κ2) is 5.53. The van der Waals surface area contributed by atoms with E-state index in [0.29, 0.717) is 22.2 Å². The van der Waals surface area contributed by atoms with Crippen LogP contribution in [0, 0.1) is 0 Å². The summed E-state index contributed by atoms with van der Waals surface area (Å²) in [5, 5.41) is 13.7. The van der Waals surface area contributed by atoms with Crippen LogP contribution >= 0.6 is 11.6 Å². The molecule has 2 aromatic rings. The highest BCUT2D eigenvalue weighted by molar-refractivity contribution is 6.33. The van der Waals surface area contributed by atoms with Gasteiger partial charge < -0.3 is 16.4 Å². The Balaban J connectivity index is 2.19. The number of carbonyl (C=O) groups excluding carboxylic acids is 1. The highest BCUT2D eigenvalue weighted by Gasteiger charge is 2.07. The summed E-state index contributed by atoms with van der Waals surface area (Å²) in [5.74, 6) is 0.182. The monoisotopic (exact) mass is 277 g/mol. The first-order valence-electron chi connectivity index (χ1n) is 5.48. The van der Waals surface area contributed by atoms with Crippen LogP contribution in [0.2, 0.25) is 5.02 Å². The largest absolute Gasteiger partial charge is 0.399 e. The van der Waals surface area contributed by atoms with E-state index in [9.17, 15) is 4.79 Å². The number of nitrogens with zero attached hydrogens (tertiary/aromatic N) is 2. The third kappa shape index (κ3) is 3.11. The van der Waals surface area contributed by atoms with Crippen molar-refractivity contribution in [2.75, 3.05) is 18.1 Å². The average Bonchev–Trinajstić information content (AvgIpc) is 2.43. The van der Waals surface area contributed by atoms with E-state index in [1.54, 1.807) is 30.3 Å². The van der Waals surface area contributed by atoms with E-state index in [1.807, 2.05) is 0 Å². The molecule has 0 aliphatic rings. The van der Waals surface area contributed by atoms with E-state index in [2.05, 4.69) is 20.8 Å². The summed E-state index contributed by atoms with van der Waals surface area (Å²) < 4.78 is 0. The lowest BCUT2D eigenvalue weighted by Crippen LogP contribution is -2.19. The van der Waals surface area contributed by atoms with Crippen LogP contribution in [0.5, 0.6) is 0 Å². The van der Waals surface area contributed by atoms with Crippen molar-refractivity contribution in [2.45, 2.75) is 0 Å². The first-order valence-corrected chi connectivity index (χ1v) is 5.86. The van der Waals surface area contributed by atoms with Crippen LogP contribution in [0.4, 0.5) is 17.2 Å². The summed E-state index contributed by atoms with van der Waals surface area (Å²) in [5.41, 5.74) is 7.13. The molecule has 1 heterocycles. The van der Waals surface area contributed by atoms with E-state index in [4.69, 9.17) is 17.3 Å². The van der Waals surface area contributed by atoms with Crippen molar-refractivity contribution in [3.63, 3.8) is 0 Å². The number of amides is 1. The molecule has 7 heteroatoms. The zero-order valence-corrected chi connectivity index (χ0v) is 10.9. The van der Waals surface area contributed by atoms with Gasteiger partial charge in [-0.3, -0.25) is 4.79 Å². The maximum atomic E-state index is 11.3. The molecule has 1 aromatic carbocycles. The van der Waals surface area contributed by atoms with Crippen LogP contribution in [-0.2, 0) is 0 Å². The maximum Gasteiger partial charge on any atom is 0.271 e. The molecule has 1 aromatic heterocycles. The molecular formula is C12H12ClN5O. The number of carbonyl (C=O) groups is 1. The Hall–Kier alpha value is -2.34. The van der Waals surface area contributed by atoms with Crippen molar-refractivity contribution >= 4 is 34.7 Å². The first-order chi connectivity index (χ1) is 9.10. The molecule has 0 bridgehead atoms. The molecule has 0 fully saturated rings. The summed E-state index contributed by atoms with van der Waals surface area (Å²) in [6.45, 7) is 0. The standard InChI is InChI=1S/C12H12ClN5O/c1-15-12(19)9-4-5-11(18-17-9)16-10-6-7(14)2-3-8(10)13/h2-6H,14H2,1H3,(H,15,19)(H,16,18). The van der Waals surface area contributed by atoms with Gasteiger partial charge in [-0.1, -0.05) is 11.6 Å². The second-order valence-corrected chi connectivity index (χ2v) is 4.15. The van der Waals surface area contributed by atoms with Crippen LogP contribution in [0.25, 0.3) is 0 Å². The summed E-state index contributed by atoms with van der Waals surface area (Å²) in [4.78, 5) is 11.3. The minimum atomic E-state index is -0.291. The molecule has 0 spiro atoms. The molecule has 4 N–H and O–H groups in total. The summed E-state index contributed by atoms with van der Waals surface area (Å²) in [6.07, 6.45) is 0. The third-order valence-electron chi connectivity index (χ3n) is 2.38. The number of nitrogen functional groups attached to an aromatic ring is 1. The molecule has 0 saturated carbocycles. The molecule has 0 unspecified atom stereocenters. The van der Waals surface area contributed by atoms with Crippen molar-refractivity contribution in [3.8, 4) is 0 Å². The Bertz CT molecular complexity index is 600. The number of nitrogens with one attached hydrogen (secondary N) is 2. The fourth-order valence-corrected chi connectivity index (χ4v) is 1.59. The van der Waals surface area contributed by atoms with Gasteiger partial charge in [-0.2, -0.15) is 0 Å². The molecule has 0 atom stereocenters. The quantitative estimate of drug-likeness (QED) is 0.744. The van der Waals surface area contributed by atoms with Gasteiger partial charge in [-0.25, -0.2) is 0 Å². The molecule has 6 nitrogen and oxygen atoms in total. The van der Waals surface area contributed by atoms with Crippen molar-refractivity contribution in [1.82, 2.24) is 15.5 Å². The van der Waals surface area contributed by atoms with E-state index in [-0.39, 0.29) is 11.6 Å². The number of halogens is 1. The van der Waals surface area contributed by atoms with Gasteiger partial charge >= 0.3 is 0 Å². The topological polar surface area (TPSA) is 92.9 Å². The molecule has 0 radical (unpaired) electrons. The number of hydrogen-bond donors (Lipinski definition) is 3. The molecule has 19 heavy (non-hydrogen) atoms. The van der Waals surface area contributed by atoms with Crippen LogP contribution in [0.3, 0.4) is 0 Å². The number of nitrogens with two attached hydrogens (primary N) is 1. The number of rotatable bonds is 3. The Morgan fingerprint density at radius 3 is 2.68 bits per heavy atom. The highest BCUT2D eigenvalue weighted by atomic mass is 35.5. The zero-order valence-electron chi connectivity index (χ0n) is 10.1. The van der Waals surface area contributed by atoms with E-state index >= 15 is 0 Å². The van der Waals surface area contributed by atoms with Gasteiger partial charge in [0.1, 0.15) is 0 Å². The van der Waals surface area contributed by atoms with E-state index in [1.165, 1.54) is 7.05 Å². The first kappa shape index (κ1) is 13.1. The predicted octanol–water partition coefficient (Wildman–Crippen LogP) is 1.82. The predicted molar refractivity (Wildman–Crippen MR) is 74.6 cm³/mol. The molecular weight excluding hydrogens is 266 g/mol. The molecule has 0 aliphatic carbocycles. The number of aromatic nitrogens is 2. The van der Waals surface area contributed by atoms with Crippen molar-refractivity contribution in [1.29, 1.82) is 0 Å². The fourth-order valence-electron chi connectivity index (χ4n) is 1.42. The highest BCUT2D eigenvalue weighted by Crippen LogP contribution is 2.26. The summed E-state index contributed by atoms with van der Waals surface area (Å²) in [7, 11) is 1.53. The Morgan fingerprint density at radius 1 is 1.26 bits per heavy atom. The van der Waals surface area contributed by atoms with Gasteiger partial charge in [0.05, 0.1) is 10.7 Å². The van der Waals surface area contributed by atoms with Gasteiger partial charge in [0, 0.05) is 12.7 Å². The lowest BCUT2D eigenvalue weighted by atomic mass is 10.3. The molecule has 1 amide bonds. The lowest BCUT2D eigenvalue weighted by molar-refractivity contribution is 0.0957. The molecule has 0 saturated heterocycles. The van der Waals surface area contributed by atoms with Crippen molar-refractivity contribution in [2.24, 2.45) is 0 Å². The minimum Gasteiger partial charge on any atom is -0.399 e. The Morgan fingerprint density at radius 2 is 2.05 bits per heavy atom. The van der Waals surface area contributed by atoms with E-state index < -0.39 is 0 Å². The van der Waals surface area contributed by atoms with Gasteiger partial charge in [-0.05, 0) is 30.3 Å². The average molecular weight is 278 g/mol. The number of benzene rings is 1. The van der Waals surface area contributed by atoms with Gasteiger partial charge in [0.25, 0.3) is 5.91 Å². The summed E-state index contributed by atoms with van der Waals surface area (Å²) in [6, 6.07) is 8.28. The molecule has 0 aliphatic heterocycles. The Kier molecular flexibility index (Phi) is 3.82. The van der Waals surface area contributed by atoms with Crippen LogP contribution < -0.4 is 16.4 Å². The normalized spacial score (nSPS) is 10.0. The van der Waals surface area contributed by atoms with Gasteiger partial charge in [0.2, 0.25) is 0 Å². The smallest absolute Gasteiger partial charge is 0.271 e. The molecule has 98 valence electrons. The van der Waals surface area contributed by atoms with Crippen molar-refractivity contribution in [3.05, 3.63) is 41.0 Å². The van der Waals surface area contributed by atoms with Gasteiger partial charge in [0.15, 0.2) is 11.5 Å². The number of anilines is 3. The fraction of sp³-hybridized carbons (Fsp3) is 0.0833. The van der Waals surface area contributed by atoms with Crippen molar-refractivity contribution < 1.29 is 4.79 Å². The Labute approximate surface area is 115 Å². The van der Waals surface area contributed by atoms with Crippen LogP contribution in [-0.4, -0.2) is 23.2 Å². The van der Waals surface area contributed by atoms with Crippen LogP contribution in [0.15, 0.2) is 30.3 Å². The van der Waals surface area contributed by atoms with Gasteiger partial charge in [-0.15, -0.1) is 10.2 Å². The number of hydrogen-bond acceptors (Lipinski definition) is 5. The minimum absolute atomic E-state index is 0.242. The molecule has 2 rings (SSSR count). The summed E-state index contributed by atoms with van der Waals surface area (Å²) >= 11 is 6.02. The SMILES string of the molecule is CNC(=O)c1ccc(Nc2cc(N)ccc2Cl)nn1. The third-order valence-corrected chi connectivity index (χ3v) is 2.71.